The van der Waals surface area contributed by atoms with E-state index in [2.05, 4.69) is 16.0 Å². The quantitative estimate of drug-likeness (QED) is 0.262. The second kappa shape index (κ2) is 12.2. The van der Waals surface area contributed by atoms with Gasteiger partial charge in [0.25, 0.3) is 11.8 Å². The summed E-state index contributed by atoms with van der Waals surface area (Å²) < 4.78 is 5.29. The second-order valence-corrected chi connectivity index (χ2v) is 10.1. The van der Waals surface area contributed by atoms with Crippen molar-refractivity contribution in [3.05, 3.63) is 58.8 Å². The Hall–Kier alpha value is -3.99. The molecule has 5 amide bonds. The predicted octanol–water partition coefficient (Wildman–Crippen LogP) is 1.94. The van der Waals surface area contributed by atoms with Crippen LogP contribution in [-0.4, -0.2) is 64.9 Å². The Bertz CT molecular complexity index is 1220. The summed E-state index contributed by atoms with van der Waals surface area (Å²) in [5, 5.41) is 8.62. The van der Waals surface area contributed by atoms with Gasteiger partial charge in [0.15, 0.2) is 6.73 Å². The maximum atomic E-state index is 13.2. The molecule has 3 heterocycles. The first kappa shape index (κ1) is 28.0. The van der Waals surface area contributed by atoms with E-state index in [1.807, 2.05) is 32.9 Å². The van der Waals surface area contributed by atoms with Gasteiger partial charge >= 0.3 is 12.0 Å². The van der Waals surface area contributed by atoms with Crippen LogP contribution in [-0.2, 0) is 32.2 Å². The van der Waals surface area contributed by atoms with Crippen molar-refractivity contribution in [1.82, 2.24) is 25.8 Å². The molecule has 39 heavy (non-hydrogen) atoms. The van der Waals surface area contributed by atoms with Crippen LogP contribution in [0, 0.1) is 5.92 Å². The number of amides is 5. The number of imide groups is 1. The first-order valence-electron chi connectivity index (χ1n) is 13.2. The van der Waals surface area contributed by atoms with Gasteiger partial charge in [-0.25, -0.2) is 9.69 Å². The number of carbonyl (C=O) groups excluding carboxylic acids is 5. The second-order valence-electron chi connectivity index (χ2n) is 10.1. The Morgan fingerprint density at radius 3 is 2.69 bits per heavy atom. The van der Waals surface area contributed by atoms with Gasteiger partial charge in [0, 0.05) is 30.8 Å². The molecule has 3 aliphatic heterocycles. The van der Waals surface area contributed by atoms with Crippen molar-refractivity contribution in [3.63, 3.8) is 0 Å². The van der Waals surface area contributed by atoms with Crippen LogP contribution in [0.2, 0.25) is 0 Å². The van der Waals surface area contributed by atoms with Crippen LogP contribution in [0.15, 0.2) is 42.1 Å². The zero-order valence-electron chi connectivity index (χ0n) is 22.5. The summed E-state index contributed by atoms with van der Waals surface area (Å²) in [6.45, 7) is 6.42. The highest BCUT2D eigenvalue weighted by atomic mass is 16.5. The van der Waals surface area contributed by atoms with Gasteiger partial charge in [-0.15, -0.1) is 0 Å². The molecule has 0 aliphatic carbocycles. The van der Waals surface area contributed by atoms with Gasteiger partial charge in [-0.05, 0) is 62.4 Å². The van der Waals surface area contributed by atoms with E-state index in [4.69, 9.17) is 4.74 Å². The van der Waals surface area contributed by atoms with E-state index in [0.717, 1.165) is 16.0 Å². The molecule has 3 atom stereocenters. The number of likely N-dealkylation sites (tertiary alicyclic amines) is 1. The van der Waals surface area contributed by atoms with Crippen molar-refractivity contribution in [2.45, 2.75) is 65.2 Å². The summed E-state index contributed by atoms with van der Waals surface area (Å²) in [5.74, 6) is -1.42. The summed E-state index contributed by atoms with van der Waals surface area (Å²) in [6.07, 6.45) is 6.31. The lowest BCUT2D eigenvalue weighted by Gasteiger charge is -2.35. The zero-order valence-corrected chi connectivity index (χ0v) is 22.5. The number of allylic oxidation sites excluding steroid dienone is 3. The highest BCUT2D eigenvalue weighted by Crippen LogP contribution is 2.30. The predicted molar refractivity (Wildman–Crippen MR) is 142 cm³/mol. The first-order valence-corrected chi connectivity index (χ1v) is 13.2. The fraction of sp³-hybridized carbons (Fsp3) is 0.464. The van der Waals surface area contributed by atoms with E-state index < -0.39 is 36.6 Å². The minimum Gasteiger partial charge on any atom is -0.443 e. The lowest BCUT2D eigenvalue weighted by atomic mass is 10.0. The van der Waals surface area contributed by atoms with Crippen LogP contribution in [0.5, 0.6) is 0 Å². The molecule has 3 aliphatic rings. The molecule has 2 fully saturated rings. The highest BCUT2D eigenvalue weighted by Gasteiger charge is 2.43. The van der Waals surface area contributed by atoms with E-state index in [1.165, 1.54) is 4.90 Å². The molecule has 3 N–H and O–H groups in total. The van der Waals surface area contributed by atoms with Crippen LogP contribution in [0.1, 0.15) is 61.5 Å². The Morgan fingerprint density at radius 1 is 1.21 bits per heavy atom. The maximum absolute atomic E-state index is 13.2. The van der Waals surface area contributed by atoms with Crippen molar-refractivity contribution in [3.8, 4) is 0 Å². The number of hydrogen-bond acceptors (Lipinski definition) is 7. The standard InChI is InChI=1S/C28H35N5O6/c1-4-6-20(5-2)31-28(38)30-14-18-7-8-21-19(12-18)15-32(25(21)35)23-9-10-24(34)33(26(23)36)16-39-27(37)22-11-17(3)13-29-22/h4-8,12,17,22-23,29H,9-11,13-16H2,1-3H3,(H2,30,31,38)/b6-4-,20-5+. The number of hydrogen-bond donors (Lipinski definition) is 3. The smallest absolute Gasteiger partial charge is 0.324 e. The van der Waals surface area contributed by atoms with Gasteiger partial charge < -0.3 is 25.6 Å². The molecule has 1 aromatic carbocycles. The van der Waals surface area contributed by atoms with E-state index in [-0.39, 0.29) is 37.9 Å². The Labute approximate surface area is 227 Å². The molecule has 0 spiro atoms. The van der Waals surface area contributed by atoms with Crippen LogP contribution in [0.4, 0.5) is 4.79 Å². The van der Waals surface area contributed by atoms with Crippen molar-refractivity contribution in [2.75, 3.05) is 13.3 Å². The molecule has 0 bridgehead atoms. The Morgan fingerprint density at radius 2 is 2.00 bits per heavy atom. The highest BCUT2D eigenvalue weighted by molar-refractivity contribution is 6.05. The summed E-state index contributed by atoms with van der Waals surface area (Å²) in [4.78, 5) is 65.9. The van der Waals surface area contributed by atoms with Crippen LogP contribution >= 0.6 is 0 Å². The monoisotopic (exact) mass is 537 g/mol. The van der Waals surface area contributed by atoms with Gasteiger partial charge in [-0.1, -0.05) is 31.2 Å². The van der Waals surface area contributed by atoms with Gasteiger partial charge in [-0.3, -0.25) is 19.2 Å². The molecule has 0 aromatic heterocycles. The third-order valence-corrected chi connectivity index (χ3v) is 7.20. The molecule has 0 saturated carbocycles. The number of nitrogens with one attached hydrogen (secondary N) is 3. The van der Waals surface area contributed by atoms with Crippen LogP contribution in [0.25, 0.3) is 0 Å². The van der Waals surface area contributed by atoms with Gasteiger partial charge in [0.1, 0.15) is 12.1 Å². The van der Waals surface area contributed by atoms with Crippen molar-refractivity contribution < 1.29 is 28.7 Å². The molecule has 3 unspecified atom stereocenters. The first-order chi connectivity index (χ1) is 18.7. The van der Waals surface area contributed by atoms with E-state index in [9.17, 15) is 24.0 Å². The number of piperidine rings is 1. The molecular weight excluding hydrogens is 502 g/mol. The van der Waals surface area contributed by atoms with E-state index >= 15 is 0 Å². The fourth-order valence-electron chi connectivity index (χ4n) is 5.07. The van der Waals surface area contributed by atoms with Crippen LogP contribution < -0.4 is 16.0 Å². The maximum Gasteiger partial charge on any atom is 0.324 e. The molecule has 208 valence electrons. The molecule has 1 aromatic rings. The van der Waals surface area contributed by atoms with Gasteiger partial charge in [0.2, 0.25) is 5.91 Å². The third-order valence-electron chi connectivity index (χ3n) is 7.20. The number of esters is 1. The number of benzene rings is 1. The Kier molecular flexibility index (Phi) is 8.80. The van der Waals surface area contributed by atoms with Crippen molar-refractivity contribution in [2.24, 2.45) is 5.92 Å². The minimum atomic E-state index is -0.829. The zero-order chi connectivity index (χ0) is 28.1. The lowest BCUT2D eigenvalue weighted by molar-refractivity contribution is -0.165. The average Bonchev–Trinajstić information content (AvgIpc) is 3.49. The number of urea groups is 1. The van der Waals surface area contributed by atoms with Crippen molar-refractivity contribution >= 4 is 29.7 Å². The normalized spacial score (nSPS) is 23.4. The number of rotatable bonds is 8. The van der Waals surface area contributed by atoms with E-state index in [0.29, 0.717) is 30.1 Å². The molecule has 0 radical (unpaired) electrons. The third kappa shape index (κ3) is 6.36. The van der Waals surface area contributed by atoms with Crippen molar-refractivity contribution in [1.29, 1.82) is 0 Å². The SMILES string of the molecule is C/C=C\C(=C/C)NC(=O)NCc1ccc2c(c1)CN(C1CCC(=O)N(COC(=O)C3CC(C)CN3)C1=O)C2=O. The summed E-state index contributed by atoms with van der Waals surface area (Å²) in [5.41, 5.74) is 2.71. The molecule has 4 rings (SSSR count). The van der Waals surface area contributed by atoms with Gasteiger partial charge in [-0.2, -0.15) is 0 Å². The topological polar surface area (TPSA) is 137 Å². The number of nitrogens with zero attached hydrogens (tertiary/aromatic N) is 2. The summed E-state index contributed by atoms with van der Waals surface area (Å²) >= 11 is 0. The summed E-state index contributed by atoms with van der Waals surface area (Å²) in [7, 11) is 0. The molecule has 2 saturated heterocycles. The Balaban J connectivity index is 1.36. The average molecular weight is 538 g/mol. The lowest BCUT2D eigenvalue weighted by Crippen LogP contribution is -2.55. The molecular formula is C28H35N5O6. The number of carbonyl (C=O) groups is 5. The fourth-order valence-corrected chi connectivity index (χ4v) is 5.07. The molecule has 11 heteroatoms. The molecule has 11 nitrogen and oxygen atoms in total. The summed E-state index contributed by atoms with van der Waals surface area (Å²) in [6, 6.07) is 3.66. The van der Waals surface area contributed by atoms with E-state index in [1.54, 1.807) is 24.3 Å². The number of ether oxygens (including phenoxy) is 1. The van der Waals surface area contributed by atoms with Gasteiger partial charge in [0.05, 0.1) is 0 Å². The number of fused-ring (bicyclic) bond motifs is 1. The minimum absolute atomic E-state index is 0.0679. The largest absolute Gasteiger partial charge is 0.443 e. The van der Waals surface area contributed by atoms with Crippen LogP contribution in [0.3, 0.4) is 0 Å².